The third-order valence-electron chi connectivity index (χ3n) is 2.13. The van der Waals surface area contributed by atoms with Crippen molar-refractivity contribution in [1.82, 2.24) is 5.16 Å². The summed E-state index contributed by atoms with van der Waals surface area (Å²) >= 11 is 3.44. The molecule has 78 valence electrons. The van der Waals surface area contributed by atoms with E-state index >= 15 is 0 Å². The van der Waals surface area contributed by atoms with Gasteiger partial charge in [0.05, 0.1) is 11.6 Å². The van der Waals surface area contributed by atoms with Crippen LogP contribution >= 0.6 is 15.9 Å². The van der Waals surface area contributed by atoms with E-state index in [4.69, 9.17) is 9.26 Å². The van der Waals surface area contributed by atoms with E-state index in [1.165, 1.54) is 0 Å². The molecule has 2 rings (SSSR count). The van der Waals surface area contributed by atoms with Crippen molar-refractivity contribution >= 4 is 15.9 Å². The second kappa shape index (κ2) is 4.06. The number of halogens is 1. The summed E-state index contributed by atoms with van der Waals surface area (Å²) in [5.41, 5.74) is 1.77. The van der Waals surface area contributed by atoms with Gasteiger partial charge in [-0.2, -0.15) is 0 Å². The lowest BCUT2D eigenvalue weighted by atomic mass is 10.1. The van der Waals surface area contributed by atoms with Gasteiger partial charge in [-0.1, -0.05) is 17.3 Å². The van der Waals surface area contributed by atoms with Gasteiger partial charge in [-0.25, -0.2) is 0 Å². The van der Waals surface area contributed by atoms with Gasteiger partial charge in [0.1, 0.15) is 17.2 Å². The quantitative estimate of drug-likeness (QED) is 0.837. The highest BCUT2D eigenvalue weighted by molar-refractivity contribution is 9.10. The molecule has 4 heteroatoms. The Hall–Kier alpha value is -1.29. The Morgan fingerprint density at radius 1 is 1.40 bits per heavy atom. The molecule has 15 heavy (non-hydrogen) atoms. The van der Waals surface area contributed by atoms with Gasteiger partial charge in [0.15, 0.2) is 0 Å². The van der Waals surface area contributed by atoms with Crippen LogP contribution in [-0.2, 0) is 0 Å². The molecule has 0 saturated heterocycles. The number of aromatic nitrogens is 1. The molecule has 0 spiro atoms. The predicted molar refractivity (Wildman–Crippen MR) is 60.9 cm³/mol. The minimum absolute atomic E-state index is 0.771. The third kappa shape index (κ3) is 1.90. The Labute approximate surface area is 96.2 Å². The largest absolute Gasteiger partial charge is 0.497 e. The molecule has 3 nitrogen and oxygen atoms in total. The molecule has 1 heterocycles. The van der Waals surface area contributed by atoms with E-state index in [-0.39, 0.29) is 0 Å². The number of hydrogen-bond donors (Lipinski definition) is 0. The molecular weight excluding hydrogens is 258 g/mol. The minimum atomic E-state index is 0.771. The molecule has 0 amide bonds. The number of ether oxygens (including phenoxy) is 1. The molecule has 0 saturated carbocycles. The van der Waals surface area contributed by atoms with Crippen molar-refractivity contribution in [2.45, 2.75) is 6.92 Å². The molecule has 0 aliphatic carbocycles. The molecule has 0 aliphatic heterocycles. The van der Waals surface area contributed by atoms with Crippen molar-refractivity contribution < 1.29 is 9.26 Å². The van der Waals surface area contributed by atoms with E-state index in [9.17, 15) is 0 Å². The van der Waals surface area contributed by atoms with Crippen LogP contribution in [0.3, 0.4) is 0 Å². The molecule has 1 aromatic heterocycles. The van der Waals surface area contributed by atoms with Crippen LogP contribution in [0.2, 0.25) is 0 Å². The summed E-state index contributed by atoms with van der Waals surface area (Å²) < 4.78 is 11.1. The van der Waals surface area contributed by atoms with Gasteiger partial charge >= 0.3 is 0 Å². The average Bonchev–Trinajstić information content (AvgIpc) is 2.60. The smallest absolute Gasteiger partial charge is 0.148 e. The summed E-state index contributed by atoms with van der Waals surface area (Å²) in [5.74, 6) is 1.58. The van der Waals surface area contributed by atoms with Crippen LogP contribution < -0.4 is 4.74 Å². The Bertz CT molecular complexity index is 479. The molecule has 0 fully saturated rings. The van der Waals surface area contributed by atoms with Crippen LogP contribution in [-0.4, -0.2) is 12.3 Å². The van der Waals surface area contributed by atoms with Crippen molar-refractivity contribution in [3.05, 3.63) is 34.5 Å². The Kier molecular flexibility index (Phi) is 2.77. The van der Waals surface area contributed by atoms with Gasteiger partial charge in [-0.3, -0.25) is 0 Å². The monoisotopic (exact) mass is 267 g/mol. The van der Waals surface area contributed by atoms with E-state index in [0.29, 0.717) is 0 Å². The Balaban J connectivity index is 2.49. The first-order valence-corrected chi connectivity index (χ1v) is 5.28. The second-order valence-corrected chi connectivity index (χ2v) is 3.93. The van der Waals surface area contributed by atoms with Crippen LogP contribution in [0, 0.1) is 6.92 Å². The zero-order chi connectivity index (χ0) is 10.8. The summed E-state index contributed by atoms with van der Waals surface area (Å²) in [5, 5.41) is 3.98. The van der Waals surface area contributed by atoms with Crippen LogP contribution in [0.1, 0.15) is 5.76 Å². The fraction of sp³-hybridized carbons (Fsp3) is 0.182. The molecule has 0 bridgehead atoms. The first kappa shape index (κ1) is 10.2. The number of aryl methyl sites for hydroxylation is 1. The molecule has 0 radical (unpaired) electrons. The van der Waals surface area contributed by atoms with E-state index in [1.807, 2.05) is 31.2 Å². The zero-order valence-electron chi connectivity index (χ0n) is 8.45. The fourth-order valence-electron chi connectivity index (χ4n) is 1.31. The molecule has 0 atom stereocenters. The third-order valence-corrected chi connectivity index (χ3v) is 3.07. The summed E-state index contributed by atoms with van der Waals surface area (Å²) in [6, 6.07) is 7.70. The normalized spacial score (nSPS) is 10.3. The lowest BCUT2D eigenvalue weighted by Crippen LogP contribution is -1.84. The second-order valence-electron chi connectivity index (χ2n) is 3.13. The summed E-state index contributed by atoms with van der Waals surface area (Å²) in [7, 11) is 1.64. The zero-order valence-corrected chi connectivity index (χ0v) is 10.0. The van der Waals surface area contributed by atoms with Crippen molar-refractivity contribution in [3.63, 3.8) is 0 Å². The Morgan fingerprint density at radius 3 is 2.80 bits per heavy atom. The molecule has 1 aromatic carbocycles. The summed E-state index contributed by atoms with van der Waals surface area (Å²) in [6.45, 7) is 1.86. The number of nitrogens with zero attached hydrogens (tertiary/aromatic N) is 1. The molecular formula is C11H10BrNO2. The summed E-state index contributed by atoms with van der Waals surface area (Å²) in [6.07, 6.45) is 0. The van der Waals surface area contributed by atoms with Crippen molar-refractivity contribution in [2.24, 2.45) is 0 Å². The lowest BCUT2D eigenvalue weighted by molar-refractivity contribution is 0.398. The van der Waals surface area contributed by atoms with E-state index in [1.54, 1.807) is 7.11 Å². The highest BCUT2D eigenvalue weighted by Crippen LogP contribution is 2.31. The molecule has 0 unspecified atom stereocenters. The lowest BCUT2D eigenvalue weighted by Gasteiger charge is -2.01. The predicted octanol–water partition coefficient (Wildman–Crippen LogP) is 3.42. The van der Waals surface area contributed by atoms with Crippen molar-refractivity contribution in [1.29, 1.82) is 0 Å². The van der Waals surface area contributed by atoms with Crippen LogP contribution in [0.5, 0.6) is 5.75 Å². The van der Waals surface area contributed by atoms with Crippen LogP contribution in [0.25, 0.3) is 11.3 Å². The maximum Gasteiger partial charge on any atom is 0.148 e. The number of methoxy groups -OCH3 is 1. The first-order valence-electron chi connectivity index (χ1n) is 4.48. The van der Waals surface area contributed by atoms with Gasteiger partial charge in [-0.05, 0) is 35.0 Å². The van der Waals surface area contributed by atoms with E-state index < -0.39 is 0 Å². The van der Waals surface area contributed by atoms with Gasteiger partial charge in [0.2, 0.25) is 0 Å². The van der Waals surface area contributed by atoms with Crippen molar-refractivity contribution in [2.75, 3.05) is 7.11 Å². The highest BCUT2D eigenvalue weighted by Gasteiger charge is 2.12. The van der Waals surface area contributed by atoms with Gasteiger partial charge < -0.3 is 9.26 Å². The van der Waals surface area contributed by atoms with Crippen LogP contribution in [0.4, 0.5) is 0 Å². The van der Waals surface area contributed by atoms with Crippen molar-refractivity contribution in [3.8, 4) is 17.0 Å². The molecule has 0 N–H and O–H groups in total. The SMILES string of the molecule is COc1cccc(-c2noc(C)c2Br)c1. The van der Waals surface area contributed by atoms with Gasteiger partial charge in [-0.15, -0.1) is 0 Å². The maximum atomic E-state index is 5.15. The number of benzene rings is 1. The first-order chi connectivity index (χ1) is 7.22. The van der Waals surface area contributed by atoms with E-state index in [0.717, 1.165) is 27.2 Å². The highest BCUT2D eigenvalue weighted by atomic mass is 79.9. The van der Waals surface area contributed by atoms with Gasteiger partial charge in [0, 0.05) is 5.56 Å². The maximum absolute atomic E-state index is 5.15. The minimum Gasteiger partial charge on any atom is -0.497 e. The van der Waals surface area contributed by atoms with Crippen LogP contribution in [0.15, 0.2) is 33.3 Å². The molecule has 0 aliphatic rings. The Morgan fingerprint density at radius 2 is 2.20 bits per heavy atom. The summed E-state index contributed by atoms with van der Waals surface area (Å²) in [4.78, 5) is 0. The standard InChI is InChI=1S/C11H10BrNO2/c1-7-10(12)11(13-15-7)8-4-3-5-9(6-8)14-2/h3-6H,1-2H3. The number of rotatable bonds is 2. The number of hydrogen-bond acceptors (Lipinski definition) is 3. The molecule has 2 aromatic rings. The topological polar surface area (TPSA) is 35.3 Å². The van der Waals surface area contributed by atoms with Gasteiger partial charge in [0.25, 0.3) is 0 Å². The fourth-order valence-corrected chi connectivity index (χ4v) is 1.68. The average molecular weight is 268 g/mol. The van der Waals surface area contributed by atoms with E-state index in [2.05, 4.69) is 21.1 Å².